The minimum atomic E-state index is -1.18. The third-order valence-corrected chi connectivity index (χ3v) is 10.3. The monoisotopic (exact) mass is 692 g/mol. The van der Waals surface area contributed by atoms with Gasteiger partial charge in [-0.3, -0.25) is 19.2 Å². The molecule has 0 radical (unpaired) electrons. The number of amides is 4. The largest absolute Gasteiger partial charge is 0.460 e. The number of likely N-dealkylation sites (N-methyl/N-ethyl adjacent to an activating group) is 2. The van der Waals surface area contributed by atoms with Gasteiger partial charge in [-0.25, -0.2) is 9.59 Å². The van der Waals surface area contributed by atoms with E-state index in [1.54, 1.807) is 27.8 Å². The summed E-state index contributed by atoms with van der Waals surface area (Å²) in [6.45, 7) is 18.6. The van der Waals surface area contributed by atoms with Crippen molar-refractivity contribution in [3.05, 3.63) is 0 Å². The van der Waals surface area contributed by atoms with Gasteiger partial charge in [-0.2, -0.15) is 0 Å². The van der Waals surface area contributed by atoms with Crippen molar-refractivity contribution in [2.24, 2.45) is 29.6 Å². The summed E-state index contributed by atoms with van der Waals surface area (Å²) in [5, 5.41) is 2.89. The maximum Gasteiger partial charge on any atom is 0.329 e. The smallest absolute Gasteiger partial charge is 0.329 e. The van der Waals surface area contributed by atoms with Crippen molar-refractivity contribution in [2.45, 2.75) is 151 Å². The molecule has 2 rings (SSSR count). The van der Waals surface area contributed by atoms with Crippen LogP contribution in [0.3, 0.4) is 0 Å². The van der Waals surface area contributed by atoms with Crippen molar-refractivity contribution < 1.29 is 38.2 Å². The third-order valence-electron chi connectivity index (χ3n) is 10.3. The van der Waals surface area contributed by atoms with Crippen molar-refractivity contribution in [3.8, 4) is 0 Å². The van der Waals surface area contributed by atoms with Crippen molar-refractivity contribution in [1.29, 1.82) is 0 Å². The molecule has 2 saturated heterocycles. The highest BCUT2D eigenvalue weighted by Crippen LogP contribution is 2.28. The van der Waals surface area contributed by atoms with Crippen LogP contribution >= 0.6 is 0 Å². The van der Waals surface area contributed by atoms with Crippen LogP contribution < -0.4 is 5.32 Å². The van der Waals surface area contributed by atoms with E-state index in [0.717, 1.165) is 19.3 Å². The maximum absolute atomic E-state index is 14.2. The summed E-state index contributed by atoms with van der Waals surface area (Å²) in [6.07, 6.45) is 2.47. The molecular weight excluding hydrogens is 628 g/mol. The summed E-state index contributed by atoms with van der Waals surface area (Å²) in [5.41, 5.74) is 0. The molecule has 8 atom stereocenters. The molecule has 0 aromatic carbocycles. The van der Waals surface area contributed by atoms with E-state index in [-0.39, 0.29) is 23.7 Å². The molecule has 2 heterocycles. The second-order valence-electron chi connectivity index (χ2n) is 15.2. The first-order chi connectivity index (χ1) is 22.9. The number of hydrogen-bond donors (Lipinski definition) is 1. The Morgan fingerprint density at radius 1 is 0.755 bits per heavy atom. The maximum atomic E-state index is 14.2. The van der Waals surface area contributed by atoms with Crippen molar-refractivity contribution >= 4 is 35.6 Å². The van der Waals surface area contributed by atoms with Crippen LogP contribution in [0.5, 0.6) is 0 Å². The third kappa shape index (κ3) is 10.2. The highest BCUT2D eigenvalue weighted by atomic mass is 16.6. The lowest BCUT2D eigenvalue weighted by atomic mass is 9.94. The molecule has 12 heteroatoms. The number of unbranched alkanes of at least 4 members (excludes halogenated alkanes) is 2. The standard InChI is InChI=1S/C37H64N4O8/c1-13-15-16-19-27-25(10)32(42)38-28(21(3)4)34(44)40(12)30(23(7)8)37(47)49-31(24(9)14-2)35(45)41-20-17-18-26(41)33(43)39(11)29(22(5)6)36(46)48-27/h21-31H,13-20H2,1-12H3,(H,38,42)/t24-,25-,26-,27-,28-,29+,30+,31-/m0/s1. The van der Waals surface area contributed by atoms with E-state index in [0.29, 0.717) is 32.2 Å². The SMILES string of the molecule is CCCCC[C@@H]1OC(=O)[C@@H](C(C)C)N(C)C(=O)[C@@H]2CCCN2C(=O)[C@H]([C@@H](C)CC)OC(=O)[C@@H](C(C)C)N(C)C(=O)[C@H](C(C)C)NC(=O)[C@H]1C. The zero-order valence-corrected chi connectivity index (χ0v) is 32.1. The van der Waals surface area contributed by atoms with Crippen LogP contribution in [0.2, 0.25) is 0 Å². The predicted octanol–water partition coefficient (Wildman–Crippen LogP) is 4.18. The van der Waals surface area contributed by atoms with Crippen LogP contribution in [-0.4, -0.2) is 107 Å². The summed E-state index contributed by atoms with van der Waals surface area (Å²) in [5.74, 6) is -5.36. The average Bonchev–Trinajstić information content (AvgIpc) is 3.53. The topological polar surface area (TPSA) is 143 Å². The molecule has 0 bridgehead atoms. The van der Waals surface area contributed by atoms with Gasteiger partial charge in [0.25, 0.3) is 5.91 Å². The fourth-order valence-electron chi connectivity index (χ4n) is 6.95. The number of fused-ring (bicyclic) bond motifs is 1. The van der Waals surface area contributed by atoms with Gasteiger partial charge in [0.2, 0.25) is 17.7 Å². The van der Waals surface area contributed by atoms with Crippen LogP contribution in [0, 0.1) is 29.6 Å². The normalized spacial score (nSPS) is 29.4. The van der Waals surface area contributed by atoms with Gasteiger partial charge in [0, 0.05) is 26.6 Å². The van der Waals surface area contributed by atoms with Crippen LogP contribution in [0.25, 0.3) is 0 Å². The molecule has 2 aliphatic heterocycles. The van der Waals surface area contributed by atoms with Gasteiger partial charge in [0.15, 0.2) is 6.10 Å². The molecule has 12 nitrogen and oxygen atoms in total. The zero-order valence-electron chi connectivity index (χ0n) is 32.1. The van der Waals surface area contributed by atoms with E-state index in [2.05, 4.69) is 12.2 Å². The lowest BCUT2D eigenvalue weighted by molar-refractivity contribution is -0.172. The number of ether oxygens (including phenoxy) is 2. The summed E-state index contributed by atoms with van der Waals surface area (Å²) >= 11 is 0. The minimum Gasteiger partial charge on any atom is -0.460 e. The number of nitrogens with one attached hydrogen (secondary N) is 1. The Labute approximate surface area is 294 Å². The van der Waals surface area contributed by atoms with Crippen molar-refractivity contribution in [3.63, 3.8) is 0 Å². The molecule has 2 aliphatic rings. The van der Waals surface area contributed by atoms with Gasteiger partial charge >= 0.3 is 11.9 Å². The molecule has 0 unspecified atom stereocenters. The first kappa shape index (κ1) is 42.0. The lowest BCUT2D eigenvalue weighted by Crippen LogP contribution is -2.58. The Bertz CT molecular complexity index is 1170. The van der Waals surface area contributed by atoms with E-state index >= 15 is 0 Å². The first-order valence-electron chi connectivity index (χ1n) is 18.5. The van der Waals surface area contributed by atoms with E-state index in [1.165, 1.54) is 21.7 Å². The summed E-state index contributed by atoms with van der Waals surface area (Å²) in [4.78, 5) is 88.2. The van der Waals surface area contributed by atoms with E-state index in [1.807, 2.05) is 41.5 Å². The molecule has 0 saturated carbocycles. The van der Waals surface area contributed by atoms with E-state index < -0.39 is 77.9 Å². The quantitative estimate of drug-likeness (QED) is 0.280. The summed E-state index contributed by atoms with van der Waals surface area (Å²) in [6, 6.07) is -3.83. The second-order valence-corrected chi connectivity index (χ2v) is 15.2. The second kappa shape index (κ2) is 18.7. The Morgan fingerprint density at radius 3 is 1.82 bits per heavy atom. The number of carbonyl (C=O) groups excluding carboxylic acids is 6. The highest BCUT2D eigenvalue weighted by molar-refractivity contribution is 5.95. The van der Waals surface area contributed by atoms with Gasteiger partial charge < -0.3 is 29.5 Å². The van der Waals surface area contributed by atoms with Gasteiger partial charge in [0.05, 0.1) is 5.92 Å². The Hall–Kier alpha value is -3.18. The molecule has 0 spiro atoms. The fraction of sp³-hybridized carbons (Fsp3) is 0.838. The highest BCUT2D eigenvalue weighted by Gasteiger charge is 2.46. The molecule has 0 aromatic heterocycles. The Balaban J connectivity index is 2.73. The lowest BCUT2D eigenvalue weighted by Gasteiger charge is -2.37. The van der Waals surface area contributed by atoms with Crippen molar-refractivity contribution in [2.75, 3.05) is 20.6 Å². The molecule has 0 aromatic rings. The Morgan fingerprint density at radius 2 is 1.31 bits per heavy atom. The van der Waals surface area contributed by atoms with Gasteiger partial charge in [-0.05, 0) is 49.9 Å². The average molecular weight is 693 g/mol. The molecule has 1 N–H and O–H groups in total. The van der Waals surface area contributed by atoms with Gasteiger partial charge in [-0.15, -0.1) is 0 Å². The molecule has 49 heavy (non-hydrogen) atoms. The number of cyclic esters (lactones) is 2. The summed E-state index contributed by atoms with van der Waals surface area (Å²) in [7, 11) is 3.06. The Kier molecular flexibility index (Phi) is 16.0. The summed E-state index contributed by atoms with van der Waals surface area (Å²) < 4.78 is 12.1. The number of nitrogens with zero attached hydrogens (tertiary/aromatic N) is 3. The van der Waals surface area contributed by atoms with E-state index in [4.69, 9.17) is 9.47 Å². The van der Waals surface area contributed by atoms with Crippen LogP contribution in [0.15, 0.2) is 0 Å². The number of rotatable bonds is 9. The molecular formula is C37H64N4O8. The molecule has 280 valence electrons. The van der Waals surface area contributed by atoms with Crippen LogP contribution in [0.4, 0.5) is 0 Å². The van der Waals surface area contributed by atoms with Crippen molar-refractivity contribution in [1.82, 2.24) is 20.0 Å². The first-order valence-corrected chi connectivity index (χ1v) is 18.5. The zero-order chi connectivity index (χ0) is 37.3. The molecule has 0 aliphatic carbocycles. The number of carbonyl (C=O) groups is 6. The van der Waals surface area contributed by atoms with Crippen LogP contribution in [0.1, 0.15) is 114 Å². The predicted molar refractivity (Wildman–Crippen MR) is 187 cm³/mol. The van der Waals surface area contributed by atoms with Gasteiger partial charge in [0.1, 0.15) is 30.3 Å². The number of esters is 2. The minimum absolute atomic E-state index is 0.303. The molecule has 2 fully saturated rings. The fourth-order valence-corrected chi connectivity index (χ4v) is 6.95. The number of hydrogen-bond acceptors (Lipinski definition) is 8. The van der Waals surface area contributed by atoms with Gasteiger partial charge in [-0.1, -0.05) is 82.1 Å². The molecule has 4 amide bonds. The van der Waals surface area contributed by atoms with E-state index in [9.17, 15) is 28.8 Å². The van der Waals surface area contributed by atoms with Crippen LogP contribution in [-0.2, 0) is 38.2 Å².